The summed E-state index contributed by atoms with van der Waals surface area (Å²) in [6, 6.07) is 4.44. The first-order valence-corrected chi connectivity index (χ1v) is 7.00. The molecular weight excluding hydrogens is 256 g/mol. The molecule has 1 fully saturated rings. The number of nitrogens with zero attached hydrogens (tertiary/aromatic N) is 1. The highest BCUT2D eigenvalue weighted by atomic mass is 16.5. The summed E-state index contributed by atoms with van der Waals surface area (Å²) in [6.45, 7) is 1.38. The van der Waals surface area contributed by atoms with Gasteiger partial charge in [0.2, 0.25) is 0 Å². The van der Waals surface area contributed by atoms with Crippen molar-refractivity contribution in [3.8, 4) is 11.5 Å². The van der Waals surface area contributed by atoms with E-state index in [4.69, 9.17) is 9.47 Å². The zero-order chi connectivity index (χ0) is 14.1. The fourth-order valence-corrected chi connectivity index (χ4v) is 2.55. The van der Waals surface area contributed by atoms with Crippen LogP contribution in [0, 0.1) is 0 Å². The number of benzene rings is 1. The molecule has 1 saturated carbocycles. The van der Waals surface area contributed by atoms with E-state index in [1.807, 2.05) is 17.0 Å². The normalized spacial score (nSPS) is 17.4. The molecule has 0 bridgehead atoms. The van der Waals surface area contributed by atoms with E-state index in [1.54, 1.807) is 14.2 Å². The van der Waals surface area contributed by atoms with E-state index < -0.39 is 0 Å². The maximum absolute atomic E-state index is 12.1. The third-order valence-electron chi connectivity index (χ3n) is 3.91. The van der Waals surface area contributed by atoms with Crippen molar-refractivity contribution in [2.75, 3.05) is 20.8 Å². The average molecular weight is 276 g/mol. The Bertz CT molecular complexity index is 526. The van der Waals surface area contributed by atoms with Crippen molar-refractivity contribution in [3.05, 3.63) is 23.3 Å². The molecule has 1 heterocycles. The quantitative estimate of drug-likeness (QED) is 0.918. The third kappa shape index (κ3) is 2.53. The summed E-state index contributed by atoms with van der Waals surface area (Å²) in [7, 11) is 3.27. The van der Waals surface area contributed by atoms with Gasteiger partial charge in [0.25, 0.3) is 0 Å². The Morgan fingerprint density at radius 1 is 1.20 bits per heavy atom. The van der Waals surface area contributed by atoms with Crippen molar-refractivity contribution < 1.29 is 14.3 Å². The molecule has 0 spiro atoms. The molecule has 0 unspecified atom stereocenters. The molecular formula is C15H20N2O3. The molecule has 0 radical (unpaired) electrons. The van der Waals surface area contributed by atoms with Crippen molar-refractivity contribution in [1.82, 2.24) is 10.2 Å². The van der Waals surface area contributed by atoms with Gasteiger partial charge in [-0.2, -0.15) is 0 Å². The van der Waals surface area contributed by atoms with E-state index in [0.717, 1.165) is 42.9 Å². The summed E-state index contributed by atoms with van der Waals surface area (Å²) >= 11 is 0. The Morgan fingerprint density at radius 3 is 2.45 bits per heavy atom. The predicted octanol–water partition coefficient (Wildman–Crippen LogP) is 1.93. The molecule has 1 aromatic rings. The SMILES string of the molecule is COc1cc2c(cc1OC)CN(C(=O)NC1CC1)CC2. The van der Waals surface area contributed by atoms with Gasteiger partial charge in [-0.15, -0.1) is 0 Å². The van der Waals surface area contributed by atoms with Gasteiger partial charge < -0.3 is 19.7 Å². The van der Waals surface area contributed by atoms with Crippen LogP contribution in [0.15, 0.2) is 12.1 Å². The lowest BCUT2D eigenvalue weighted by molar-refractivity contribution is 0.191. The molecule has 1 aromatic carbocycles. The Morgan fingerprint density at radius 2 is 1.85 bits per heavy atom. The van der Waals surface area contributed by atoms with Crippen molar-refractivity contribution >= 4 is 6.03 Å². The van der Waals surface area contributed by atoms with Gasteiger partial charge in [0.05, 0.1) is 14.2 Å². The van der Waals surface area contributed by atoms with Gasteiger partial charge in [-0.3, -0.25) is 0 Å². The molecule has 2 aliphatic rings. The van der Waals surface area contributed by atoms with E-state index in [9.17, 15) is 4.79 Å². The summed E-state index contributed by atoms with van der Waals surface area (Å²) in [4.78, 5) is 14.0. The Balaban J connectivity index is 1.77. The number of methoxy groups -OCH3 is 2. The molecule has 5 nitrogen and oxygen atoms in total. The van der Waals surface area contributed by atoms with Gasteiger partial charge in [-0.25, -0.2) is 4.79 Å². The molecule has 1 aliphatic heterocycles. The minimum Gasteiger partial charge on any atom is -0.493 e. The van der Waals surface area contributed by atoms with Gasteiger partial charge in [0.1, 0.15) is 0 Å². The molecule has 20 heavy (non-hydrogen) atoms. The van der Waals surface area contributed by atoms with Crippen molar-refractivity contribution in [1.29, 1.82) is 0 Å². The fourth-order valence-electron chi connectivity index (χ4n) is 2.55. The first-order chi connectivity index (χ1) is 9.71. The van der Waals surface area contributed by atoms with Gasteiger partial charge in [-0.05, 0) is 42.5 Å². The molecule has 5 heteroatoms. The zero-order valence-corrected chi connectivity index (χ0v) is 11.9. The molecule has 3 rings (SSSR count). The van der Waals surface area contributed by atoms with Crippen LogP contribution in [0.3, 0.4) is 0 Å². The molecule has 1 aliphatic carbocycles. The van der Waals surface area contributed by atoms with Crippen LogP contribution in [-0.2, 0) is 13.0 Å². The van der Waals surface area contributed by atoms with Crippen LogP contribution in [0.2, 0.25) is 0 Å². The third-order valence-corrected chi connectivity index (χ3v) is 3.91. The van der Waals surface area contributed by atoms with Crippen molar-refractivity contribution in [2.24, 2.45) is 0 Å². The van der Waals surface area contributed by atoms with Gasteiger partial charge in [-0.1, -0.05) is 0 Å². The van der Waals surface area contributed by atoms with Crippen LogP contribution < -0.4 is 14.8 Å². The summed E-state index contributed by atoms with van der Waals surface area (Å²) in [5, 5.41) is 3.04. The van der Waals surface area contributed by atoms with Crippen molar-refractivity contribution in [3.63, 3.8) is 0 Å². The molecule has 2 amide bonds. The first kappa shape index (κ1) is 13.1. The molecule has 1 N–H and O–H groups in total. The van der Waals surface area contributed by atoms with Crippen LogP contribution in [0.4, 0.5) is 4.79 Å². The van der Waals surface area contributed by atoms with E-state index in [1.165, 1.54) is 5.56 Å². The van der Waals surface area contributed by atoms with Crippen LogP contribution in [0.25, 0.3) is 0 Å². The first-order valence-electron chi connectivity index (χ1n) is 7.00. The lowest BCUT2D eigenvalue weighted by Crippen LogP contribution is -2.43. The monoisotopic (exact) mass is 276 g/mol. The largest absolute Gasteiger partial charge is 0.493 e. The zero-order valence-electron chi connectivity index (χ0n) is 11.9. The maximum Gasteiger partial charge on any atom is 0.317 e. The summed E-state index contributed by atoms with van der Waals surface area (Å²) in [5.74, 6) is 1.47. The Kier molecular flexibility index (Phi) is 3.42. The topological polar surface area (TPSA) is 50.8 Å². The standard InChI is InChI=1S/C15H20N2O3/c1-19-13-7-10-5-6-17(15(18)16-12-3-4-12)9-11(10)8-14(13)20-2/h7-8,12H,3-6,9H2,1-2H3,(H,16,18). The fraction of sp³-hybridized carbons (Fsp3) is 0.533. The molecule has 0 saturated heterocycles. The number of amides is 2. The highest BCUT2D eigenvalue weighted by Crippen LogP contribution is 2.33. The Labute approximate surface area is 118 Å². The Hall–Kier alpha value is -1.91. The van der Waals surface area contributed by atoms with Crippen LogP contribution in [-0.4, -0.2) is 37.7 Å². The van der Waals surface area contributed by atoms with Gasteiger partial charge in [0, 0.05) is 19.1 Å². The lowest BCUT2D eigenvalue weighted by atomic mass is 9.99. The molecule has 0 atom stereocenters. The van der Waals surface area contributed by atoms with E-state index in [2.05, 4.69) is 5.32 Å². The van der Waals surface area contributed by atoms with Crippen LogP contribution >= 0.6 is 0 Å². The number of rotatable bonds is 3. The number of fused-ring (bicyclic) bond motifs is 1. The van der Waals surface area contributed by atoms with E-state index in [-0.39, 0.29) is 6.03 Å². The number of urea groups is 1. The number of ether oxygens (including phenoxy) is 2. The lowest BCUT2D eigenvalue weighted by Gasteiger charge is -2.29. The summed E-state index contributed by atoms with van der Waals surface area (Å²) in [6.07, 6.45) is 3.08. The second kappa shape index (κ2) is 5.23. The molecule has 108 valence electrons. The summed E-state index contributed by atoms with van der Waals surface area (Å²) in [5.41, 5.74) is 2.37. The number of hydrogen-bond donors (Lipinski definition) is 1. The van der Waals surface area contributed by atoms with Crippen molar-refractivity contribution in [2.45, 2.75) is 31.8 Å². The average Bonchev–Trinajstić information content (AvgIpc) is 3.28. The number of nitrogens with one attached hydrogen (secondary N) is 1. The second-order valence-corrected chi connectivity index (χ2v) is 5.37. The maximum atomic E-state index is 12.1. The highest BCUT2D eigenvalue weighted by molar-refractivity contribution is 5.75. The van der Waals surface area contributed by atoms with Crippen LogP contribution in [0.1, 0.15) is 24.0 Å². The van der Waals surface area contributed by atoms with Gasteiger partial charge >= 0.3 is 6.03 Å². The van der Waals surface area contributed by atoms with Gasteiger partial charge in [0.15, 0.2) is 11.5 Å². The highest BCUT2D eigenvalue weighted by Gasteiger charge is 2.28. The predicted molar refractivity (Wildman–Crippen MR) is 75.2 cm³/mol. The minimum atomic E-state index is 0.0490. The number of carbonyl (C=O) groups is 1. The summed E-state index contributed by atoms with van der Waals surface area (Å²) < 4.78 is 10.6. The smallest absolute Gasteiger partial charge is 0.317 e. The van der Waals surface area contributed by atoms with E-state index >= 15 is 0 Å². The second-order valence-electron chi connectivity index (χ2n) is 5.37. The number of hydrogen-bond acceptors (Lipinski definition) is 3. The molecule has 0 aromatic heterocycles. The van der Waals surface area contributed by atoms with Crippen LogP contribution in [0.5, 0.6) is 11.5 Å². The number of carbonyl (C=O) groups excluding carboxylic acids is 1. The van der Waals surface area contributed by atoms with E-state index in [0.29, 0.717) is 12.6 Å². The minimum absolute atomic E-state index is 0.0490.